The standard InChI is InChI=1S/C22H17N3O4/c1-13-4-5-15(22-25-20-18(29-22)3-2-8-23-20)11-16(13)24-21(26)14-6-7-17-19(12-14)28-10-9-27-17/h2-8,11-12H,9-10H2,1H3,(H,24,26). The van der Waals surface area contributed by atoms with Gasteiger partial charge in [-0.1, -0.05) is 6.07 Å². The molecule has 0 saturated heterocycles. The van der Waals surface area contributed by atoms with Crippen LogP contribution in [0.4, 0.5) is 5.69 Å². The summed E-state index contributed by atoms with van der Waals surface area (Å²) in [6.07, 6.45) is 1.67. The zero-order chi connectivity index (χ0) is 19.8. The minimum atomic E-state index is -0.235. The topological polar surface area (TPSA) is 86.5 Å². The Morgan fingerprint density at radius 1 is 1.03 bits per heavy atom. The SMILES string of the molecule is Cc1ccc(-c2nc3ncccc3o2)cc1NC(=O)c1ccc2c(c1)OCCO2. The average Bonchev–Trinajstić information content (AvgIpc) is 3.19. The Balaban J connectivity index is 1.43. The summed E-state index contributed by atoms with van der Waals surface area (Å²) < 4.78 is 16.9. The number of ether oxygens (including phenoxy) is 2. The second-order valence-electron chi connectivity index (χ2n) is 6.69. The van der Waals surface area contributed by atoms with E-state index >= 15 is 0 Å². The molecule has 0 atom stereocenters. The molecule has 0 saturated carbocycles. The summed E-state index contributed by atoms with van der Waals surface area (Å²) in [7, 11) is 0. The van der Waals surface area contributed by atoms with Crippen LogP contribution in [0.3, 0.4) is 0 Å². The number of fused-ring (bicyclic) bond motifs is 2. The molecule has 0 fully saturated rings. The van der Waals surface area contributed by atoms with E-state index < -0.39 is 0 Å². The summed E-state index contributed by atoms with van der Waals surface area (Å²) in [5, 5.41) is 2.96. The largest absolute Gasteiger partial charge is 0.486 e. The molecule has 0 unspecified atom stereocenters. The fourth-order valence-electron chi connectivity index (χ4n) is 3.16. The van der Waals surface area contributed by atoms with Gasteiger partial charge < -0.3 is 19.2 Å². The van der Waals surface area contributed by atoms with Crippen molar-refractivity contribution in [3.8, 4) is 23.0 Å². The van der Waals surface area contributed by atoms with Crippen LogP contribution in [0.5, 0.6) is 11.5 Å². The minimum absolute atomic E-state index is 0.235. The fraction of sp³-hybridized carbons (Fsp3) is 0.136. The number of amides is 1. The monoisotopic (exact) mass is 387 g/mol. The number of oxazole rings is 1. The van der Waals surface area contributed by atoms with E-state index in [1.807, 2.05) is 31.2 Å². The van der Waals surface area contributed by atoms with Crippen molar-refractivity contribution in [2.24, 2.45) is 0 Å². The van der Waals surface area contributed by atoms with Gasteiger partial charge in [-0.05, 0) is 55.0 Å². The van der Waals surface area contributed by atoms with Crippen LogP contribution >= 0.6 is 0 Å². The van der Waals surface area contributed by atoms with Gasteiger partial charge in [0.15, 0.2) is 22.7 Å². The fourth-order valence-corrected chi connectivity index (χ4v) is 3.16. The van der Waals surface area contributed by atoms with Crippen molar-refractivity contribution in [1.29, 1.82) is 0 Å². The highest BCUT2D eigenvalue weighted by Crippen LogP contribution is 2.32. The smallest absolute Gasteiger partial charge is 0.255 e. The number of benzene rings is 2. The third kappa shape index (κ3) is 3.27. The van der Waals surface area contributed by atoms with E-state index in [0.717, 1.165) is 11.1 Å². The molecule has 29 heavy (non-hydrogen) atoms. The van der Waals surface area contributed by atoms with Crippen LogP contribution in [0.1, 0.15) is 15.9 Å². The van der Waals surface area contributed by atoms with E-state index in [2.05, 4.69) is 15.3 Å². The number of hydrogen-bond acceptors (Lipinski definition) is 6. The van der Waals surface area contributed by atoms with Gasteiger partial charge in [0, 0.05) is 23.0 Å². The number of aryl methyl sites for hydroxylation is 1. The predicted molar refractivity (Wildman–Crippen MR) is 107 cm³/mol. The lowest BCUT2D eigenvalue weighted by Crippen LogP contribution is -2.17. The molecule has 0 radical (unpaired) electrons. The second kappa shape index (κ2) is 6.94. The van der Waals surface area contributed by atoms with Gasteiger partial charge in [0.2, 0.25) is 5.89 Å². The molecule has 0 aliphatic carbocycles. The predicted octanol–water partition coefficient (Wildman–Crippen LogP) is 4.22. The molecule has 4 aromatic rings. The zero-order valence-electron chi connectivity index (χ0n) is 15.6. The molecule has 0 bridgehead atoms. The van der Waals surface area contributed by atoms with E-state index in [0.29, 0.717) is 53.1 Å². The minimum Gasteiger partial charge on any atom is -0.486 e. The number of nitrogens with one attached hydrogen (secondary N) is 1. The normalized spacial score (nSPS) is 12.7. The van der Waals surface area contributed by atoms with Gasteiger partial charge in [0.25, 0.3) is 5.91 Å². The number of anilines is 1. The molecule has 3 heterocycles. The van der Waals surface area contributed by atoms with Crippen molar-refractivity contribution in [3.63, 3.8) is 0 Å². The quantitative estimate of drug-likeness (QED) is 0.566. The Kier molecular flexibility index (Phi) is 4.13. The van der Waals surface area contributed by atoms with Crippen LogP contribution in [0, 0.1) is 6.92 Å². The van der Waals surface area contributed by atoms with Gasteiger partial charge in [-0.3, -0.25) is 4.79 Å². The van der Waals surface area contributed by atoms with Crippen LogP contribution in [0.15, 0.2) is 59.1 Å². The number of rotatable bonds is 3. The van der Waals surface area contributed by atoms with Crippen LogP contribution in [-0.2, 0) is 0 Å². The first kappa shape index (κ1) is 17.2. The van der Waals surface area contributed by atoms with E-state index in [9.17, 15) is 4.79 Å². The Labute approximate surface area is 166 Å². The Bertz CT molecular complexity index is 1200. The van der Waals surface area contributed by atoms with Crippen LogP contribution in [0.2, 0.25) is 0 Å². The maximum Gasteiger partial charge on any atom is 0.255 e. The van der Waals surface area contributed by atoms with Crippen molar-refractivity contribution in [1.82, 2.24) is 9.97 Å². The maximum atomic E-state index is 12.8. The Morgan fingerprint density at radius 3 is 2.76 bits per heavy atom. The number of hydrogen-bond donors (Lipinski definition) is 1. The third-order valence-electron chi connectivity index (χ3n) is 4.70. The van der Waals surface area contributed by atoms with Gasteiger partial charge in [0.05, 0.1) is 0 Å². The van der Waals surface area contributed by atoms with E-state index in [1.54, 1.807) is 30.5 Å². The molecule has 2 aromatic carbocycles. The molecule has 7 nitrogen and oxygen atoms in total. The number of aromatic nitrogens is 2. The van der Waals surface area contributed by atoms with Gasteiger partial charge in [0.1, 0.15) is 13.2 Å². The van der Waals surface area contributed by atoms with Crippen LogP contribution in [0.25, 0.3) is 22.7 Å². The molecule has 1 aliphatic heterocycles. The molecule has 1 N–H and O–H groups in total. The first-order chi connectivity index (χ1) is 14.2. The number of carbonyl (C=O) groups excluding carboxylic acids is 1. The summed E-state index contributed by atoms with van der Waals surface area (Å²) in [6, 6.07) is 14.4. The summed E-state index contributed by atoms with van der Waals surface area (Å²) in [4.78, 5) is 21.4. The molecule has 1 aliphatic rings. The molecule has 1 amide bonds. The summed E-state index contributed by atoms with van der Waals surface area (Å²) in [6.45, 7) is 2.91. The van der Waals surface area contributed by atoms with Crippen LogP contribution < -0.4 is 14.8 Å². The molecular formula is C22H17N3O4. The van der Waals surface area contributed by atoms with Crippen molar-refractivity contribution in [2.45, 2.75) is 6.92 Å². The van der Waals surface area contributed by atoms with E-state index in [1.165, 1.54) is 0 Å². The maximum absolute atomic E-state index is 12.8. The lowest BCUT2D eigenvalue weighted by atomic mass is 10.1. The highest BCUT2D eigenvalue weighted by molar-refractivity contribution is 6.05. The van der Waals surface area contributed by atoms with Crippen molar-refractivity contribution in [3.05, 3.63) is 65.9 Å². The number of carbonyl (C=O) groups is 1. The Hall–Kier alpha value is -3.87. The second-order valence-corrected chi connectivity index (χ2v) is 6.69. The highest BCUT2D eigenvalue weighted by atomic mass is 16.6. The van der Waals surface area contributed by atoms with E-state index in [-0.39, 0.29) is 5.91 Å². The molecule has 7 heteroatoms. The third-order valence-corrected chi connectivity index (χ3v) is 4.70. The molecule has 144 valence electrons. The van der Waals surface area contributed by atoms with Crippen LogP contribution in [-0.4, -0.2) is 29.1 Å². The molecule has 2 aromatic heterocycles. The first-order valence-corrected chi connectivity index (χ1v) is 9.21. The highest BCUT2D eigenvalue weighted by Gasteiger charge is 2.16. The van der Waals surface area contributed by atoms with Crippen molar-refractivity contribution in [2.75, 3.05) is 18.5 Å². The van der Waals surface area contributed by atoms with Gasteiger partial charge in [-0.25, -0.2) is 4.98 Å². The van der Waals surface area contributed by atoms with Gasteiger partial charge in [-0.15, -0.1) is 0 Å². The molecule has 0 spiro atoms. The van der Waals surface area contributed by atoms with Gasteiger partial charge in [-0.2, -0.15) is 4.98 Å². The average molecular weight is 387 g/mol. The number of nitrogens with zero attached hydrogens (tertiary/aromatic N) is 2. The first-order valence-electron chi connectivity index (χ1n) is 9.21. The van der Waals surface area contributed by atoms with Crippen molar-refractivity contribution < 1.29 is 18.7 Å². The zero-order valence-corrected chi connectivity index (χ0v) is 15.6. The van der Waals surface area contributed by atoms with Crippen molar-refractivity contribution >= 4 is 22.8 Å². The lowest BCUT2D eigenvalue weighted by Gasteiger charge is -2.18. The summed E-state index contributed by atoms with van der Waals surface area (Å²) in [5.74, 6) is 1.44. The molecular weight excluding hydrogens is 370 g/mol. The number of pyridine rings is 1. The summed E-state index contributed by atoms with van der Waals surface area (Å²) >= 11 is 0. The summed E-state index contributed by atoms with van der Waals surface area (Å²) in [5.41, 5.74) is 4.01. The Morgan fingerprint density at radius 2 is 1.90 bits per heavy atom. The van der Waals surface area contributed by atoms with Gasteiger partial charge >= 0.3 is 0 Å². The molecule has 5 rings (SSSR count). The lowest BCUT2D eigenvalue weighted by molar-refractivity contribution is 0.102. The van der Waals surface area contributed by atoms with E-state index in [4.69, 9.17) is 13.9 Å².